The highest BCUT2D eigenvalue weighted by Crippen LogP contribution is 2.26. The molecule has 1 aromatic carbocycles. The lowest BCUT2D eigenvalue weighted by molar-refractivity contribution is 0.151. The number of benzene rings is 1. The lowest BCUT2D eigenvalue weighted by Crippen LogP contribution is -2.46. The summed E-state index contributed by atoms with van der Waals surface area (Å²) >= 11 is 9.73. The summed E-state index contributed by atoms with van der Waals surface area (Å²) in [5.74, 6) is 0. The van der Waals surface area contributed by atoms with E-state index in [-0.39, 0.29) is 0 Å². The second-order valence-electron chi connectivity index (χ2n) is 6.29. The summed E-state index contributed by atoms with van der Waals surface area (Å²) in [6.45, 7) is 5.65. The van der Waals surface area contributed by atoms with Crippen molar-refractivity contribution in [2.24, 2.45) is 5.73 Å². The van der Waals surface area contributed by atoms with Crippen molar-refractivity contribution in [2.75, 3.05) is 26.2 Å². The topological polar surface area (TPSA) is 32.5 Å². The van der Waals surface area contributed by atoms with E-state index in [0.717, 1.165) is 35.4 Å². The Morgan fingerprint density at radius 2 is 1.95 bits per heavy atom. The average molecular weight is 373 g/mol. The molecule has 2 saturated heterocycles. The van der Waals surface area contributed by atoms with Gasteiger partial charge in [-0.2, -0.15) is 0 Å². The first kappa shape index (κ1) is 15.8. The molecule has 3 rings (SSSR count). The second-order valence-corrected chi connectivity index (χ2v) is 7.58. The molecule has 1 unspecified atom stereocenters. The standard InChI is InChI=1S/C16H23BrClN3/c17-16-2-1-13(18)9-12(16)10-20-6-5-15(11-20)21-7-3-14(19)4-8-21/h1-2,9,14-15H,3-8,10-11,19H2. The molecule has 116 valence electrons. The van der Waals surface area contributed by atoms with E-state index in [1.807, 2.05) is 12.1 Å². The van der Waals surface area contributed by atoms with E-state index >= 15 is 0 Å². The van der Waals surface area contributed by atoms with Crippen molar-refractivity contribution in [2.45, 2.75) is 37.9 Å². The molecule has 3 nitrogen and oxygen atoms in total. The Balaban J connectivity index is 1.56. The Bertz CT molecular complexity index is 488. The first-order valence-corrected chi connectivity index (χ1v) is 8.95. The number of nitrogens with two attached hydrogens (primary N) is 1. The maximum absolute atomic E-state index is 6.11. The van der Waals surface area contributed by atoms with Gasteiger partial charge in [0.25, 0.3) is 0 Å². The predicted molar refractivity (Wildman–Crippen MR) is 91.6 cm³/mol. The van der Waals surface area contributed by atoms with Gasteiger partial charge < -0.3 is 5.73 Å². The van der Waals surface area contributed by atoms with E-state index in [9.17, 15) is 0 Å². The molecule has 2 aliphatic heterocycles. The van der Waals surface area contributed by atoms with Crippen molar-refractivity contribution in [1.82, 2.24) is 9.80 Å². The number of piperidine rings is 1. The third kappa shape index (κ3) is 3.99. The molecule has 21 heavy (non-hydrogen) atoms. The smallest absolute Gasteiger partial charge is 0.0410 e. The van der Waals surface area contributed by atoms with Gasteiger partial charge in [-0.05, 0) is 56.1 Å². The number of likely N-dealkylation sites (tertiary alicyclic amines) is 2. The number of hydrogen-bond acceptors (Lipinski definition) is 3. The molecule has 5 heteroatoms. The SMILES string of the molecule is NC1CCN(C2CCN(Cc3cc(Cl)ccc3Br)C2)CC1. The highest BCUT2D eigenvalue weighted by atomic mass is 79.9. The summed E-state index contributed by atoms with van der Waals surface area (Å²) in [5.41, 5.74) is 7.28. The minimum atomic E-state index is 0.418. The minimum absolute atomic E-state index is 0.418. The van der Waals surface area contributed by atoms with E-state index in [4.69, 9.17) is 17.3 Å². The van der Waals surface area contributed by atoms with E-state index in [2.05, 4.69) is 31.8 Å². The summed E-state index contributed by atoms with van der Waals surface area (Å²) in [6, 6.07) is 7.16. The highest BCUT2D eigenvalue weighted by molar-refractivity contribution is 9.10. The zero-order valence-electron chi connectivity index (χ0n) is 12.3. The normalized spacial score (nSPS) is 25.6. The molecule has 1 atom stereocenters. The summed E-state index contributed by atoms with van der Waals surface area (Å²) in [7, 11) is 0. The molecular weight excluding hydrogens is 350 g/mol. The van der Waals surface area contributed by atoms with E-state index < -0.39 is 0 Å². The van der Waals surface area contributed by atoms with Crippen molar-refractivity contribution >= 4 is 27.5 Å². The molecule has 0 saturated carbocycles. The van der Waals surface area contributed by atoms with Crippen LogP contribution in [-0.2, 0) is 6.54 Å². The van der Waals surface area contributed by atoms with Crippen LogP contribution in [0.1, 0.15) is 24.8 Å². The number of halogens is 2. The fourth-order valence-corrected chi connectivity index (χ4v) is 4.01. The van der Waals surface area contributed by atoms with Gasteiger partial charge >= 0.3 is 0 Å². The Hall–Kier alpha value is -0.130. The molecule has 0 aromatic heterocycles. The van der Waals surface area contributed by atoms with Crippen LogP contribution < -0.4 is 5.73 Å². The summed E-state index contributed by atoms with van der Waals surface area (Å²) in [5, 5.41) is 0.814. The lowest BCUT2D eigenvalue weighted by Gasteiger charge is -2.34. The van der Waals surface area contributed by atoms with Crippen LogP contribution in [0.5, 0.6) is 0 Å². The lowest BCUT2D eigenvalue weighted by atomic mass is 10.0. The van der Waals surface area contributed by atoms with Crippen molar-refractivity contribution in [3.8, 4) is 0 Å². The predicted octanol–water partition coefficient (Wildman–Crippen LogP) is 3.10. The van der Waals surface area contributed by atoms with Crippen LogP contribution in [0.2, 0.25) is 5.02 Å². The fraction of sp³-hybridized carbons (Fsp3) is 0.625. The van der Waals surface area contributed by atoms with Gasteiger partial charge in [0.1, 0.15) is 0 Å². The Morgan fingerprint density at radius 3 is 2.71 bits per heavy atom. The molecule has 2 fully saturated rings. The van der Waals surface area contributed by atoms with Gasteiger partial charge in [-0.25, -0.2) is 0 Å². The molecule has 0 radical (unpaired) electrons. The maximum atomic E-state index is 6.11. The third-order valence-corrected chi connectivity index (χ3v) is 5.75. The first-order valence-electron chi connectivity index (χ1n) is 7.78. The van der Waals surface area contributed by atoms with Crippen molar-refractivity contribution < 1.29 is 0 Å². The molecular formula is C16H23BrClN3. The average Bonchev–Trinajstić information content (AvgIpc) is 2.92. The van der Waals surface area contributed by atoms with Crippen LogP contribution in [-0.4, -0.2) is 48.1 Å². The number of rotatable bonds is 3. The summed E-state index contributed by atoms with van der Waals surface area (Å²) < 4.78 is 1.15. The zero-order valence-corrected chi connectivity index (χ0v) is 14.6. The molecule has 2 N–H and O–H groups in total. The molecule has 0 bridgehead atoms. The Morgan fingerprint density at radius 1 is 1.19 bits per heavy atom. The maximum Gasteiger partial charge on any atom is 0.0410 e. The Labute approximate surface area is 140 Å². The van der Waals surface area contributed by atoms with Gasteiger partial charge in [-0.15, -0.1) is 0 Å². The highest BCUT2D eigenvalue weighted by Gasteiger charge is 2.29. The second kappa shape index (κ2) is 6.97. The molecule has 0 spiro atoms. The van der Waals surface area contributed by atoms with Crippen LogP contribution in [0.15, 0.2) is 22.7 Å². The van der Waals surface area contributed by atoms with Crippen molar-refractivity contribution in [1.29, 1.82) is 0 Å². The molecule has 0 amide bonds. The Kier molecular flexibility index (Phi) is 5.23. The van der Waals surface area contributed by atoms with Crippen LogP contribution >= 0.6 is 27.5 Å². The minimum Gasteiger partial charge on any atom is -0.328 e. The number of hydrogen-bond donors (Lipinski definition) is 1. The zero-order chi connectivity index (χ0) is 14.8. The van der Waals surface area contributed by atoms with Gasteiger partial charge in [0.05, 0.1) is 0 Å². The van der Waals surface area contributed by atoms with Gasteiger partial charge in [0, 0.05) is 41.2 Å². The largest absolute Gasteiger partial charge is 0.328 e. The molecule has 2 heterocycles. The van der Waals surface area contributed by atoms with Gasteiger partial charge in [-0.1, -0.05) is 27.5 Å². The van der Waals surface area contributed by atoms with Crippen LogP contribution in [0.25, 0.3) is 0 Å². The van der Waals surface area contributed by atoms with Gasteiger partial charge in [0.2, 0.25) is 0 Å². The quantitative estimate of drug-likeness (QED) is 0.885. The van der Waals surface area contributed by atoms with Crippen LogP contribution in [0.3, 0.4) is 0 Å². The molecule has 0 aliphatic carbocycles. The van der Waals surface area contributed by atoms with E-state index in [0.29, 0.717) is 12.1 Å². The van der Waals surface area contributed by atoms with Crippen LogP contribution in [0.4, 0.5) is 0 Å². The van der Waals surface area contributed by atoms with Crippen LogP contribution in [0, 0.1) is 0 Å². The van der Waals surface area contributed by atoms with Gasteiger partial charge in [-0.3, -0.25) is 9.80 Å². The summed E-state index contributed by atoms with van der Waals surface area (Å²) in [6.07, 6.45) is 3.57. The fourth-order valence-electron chi connectivity index (χ4n) is 3.44. The van der Waals surface area contributed by atoms with E-state index in [1.165, 1.54) is 31.6 Å². The van der Waals surface area contributed by atoms with Crippen molar-refractivity contribution in [3.05, 3.63) is 33.3 Å². The number of nitrogens with zero attached hydrogens (tertiary/aromatic N) is 2. The van der Waals surface area contributed by atoms with Crippen molar-refractivity contribution in [3.63, 3.8) is 0 Å². The molecule has 2 aliphatic rings. The molecule has 1 aromatic rings. The van der Waals surface area contributed by atoms with E-state index in [1.54, 1.807) is 0 Å². The summed E-state index contributed by atoms with van der Waals surface area (Å²) in [4.78, 5) is 5.17. The van der Waals surface area contributed by atoms with Gasteiger partial charge in [0.15, 0.2) is 0 Å². The monoisotopic (exact) mass is 371 g/mol. The third-order valence-electron chi connectivity index (χ3n) is 4.74. The first-order chi connectivity index (χ1) is 10.1.